The van der Waals surface area contributed by atoms with Crippen molar-refractivity contribution < 1.29 is 9.90 Å². The number of aliphatic carboxylic acids is 1. The van der Waals surface area contributed by atoms with Crippen LogP contribution < -0.4 is 0 Å². The number of hydrogen-bond acceptors (Lipinski definition) is 3. The Bertz CT molecular complexity index is 593. The van der Waals surface area contributed by atoms with Crippen LogP contribution in [0.25, 0.3) is 0 Å². The predicted octanol–water partition coefficient (Wildman–Crippen LogP) is 1.43. The largest absolute Gasteiger partial charge is 0.481 e. The Morgan fingerprint density at radius 2 is 2.00 bits per heavy atom. The maximum absolute atomic E-state index is 10.5. The predicted molar refractivity (Wildman–Crippen MR) is 63.8 cm³/mol. The number of benzene rings is 1. The van der Waals surface area contributed by atoms with Crippen LogP contribution in [0, 0.1) is 11.3 Å². The van der Waals surface area contributed by atoms with E-state index in [9.17, 15) is 4.79 Å². The van der Waals surface area contributed by atoms with Crippen LogP contribution in [-0.4, -0.2) is 20.6 Å². The Hall–Kier alpha value is -2.61. The van der Waals surface area contributed by atoms with E-state index in [-0.39, 0.29) is 6.42 Å². The van der Waals surface area contributed by atoms with Crippen molar-refractivity contribution in [2.45, 2.75) is 13.0 Å². The minimum atomic E-state index is -0.843. The van der Waals surface area contributed by atoms with Crippen molar-refractivity contribution in [3.63, 3.8) is 0 Å². The summed E-state index contributed by atoms with van der Waals surface area (Å²) in [6, 6.07) is 9.30. The molecule has 0 radical (unpaired) electrons. The lowest BCUT2D eigenvalue weighted by molar-refractivity contribution is -0.136. The number of carbonyl (C=O) groups is 1. The normalized spacial score (nSPS) is 9.94. The first kappa shape index (κ1) is 11.9. The molecule has 0 saturated heterocycles. The van der Waals surface area contributed by atoms with Crippen molar-refractivity contribution in [2.24, 2.45) is 0 Å². The highest BCUT2D eigenvalue weighted by atomic mass is 16.4. The summed E-state index contributed by atoms with van der Waals surface area (Å²) in [5.41, 5.74) is 1.76. The molecule has 0 fully saturated rings. The quantitative estimate of drug-likeness (QED) is 0.878. The van der Waals surface area contributed by atoms with Gasteiger partial charge in [-0.25, -0.2) is 4.98 Å². The van der Waals surface area contributed by atoms with E-state index in [0.717, 1.165) is 11.1 Å². The Labute approximate surface area is 104 Å². The molecule has 5 heteroatoms. The van der Waals surface area contributed by atoms with Gasteiger partial charge in [0.15, 0.2) is 0 Å². The highest BCUT2D eigenvalue weighted by molar-refractivity contribution is 5.70. The summed E-state index contributed by atoms with van der Waals surface area (Å²) in [7, 11) is 0. The Morgan fingerprint density at radius 1 is 1.33 bits per heavy atom. The summed E-state index contributed by atoms with van der Waals surface area (Å²) in [6.45, 7) is 0.552. The van der Waals surface area contributed by atoms with E-state index in [1.807, 2.05) is 18.2 Å². The molecule has 5 nitrogen and oxygen atoms in total. The topological polar surface area (TPSA) is 78.9 Å². The van der Waals surface area contributed by atoms with E-state index in [1.54, 1.807) is 29.1 Å². The fraction of sp³-hybridized carbons (Fsp3) is 0.154. The van der Waals surface area contributed by atoms with Gasteiger partial charge < -0.3 is 9.67 Å². The first-order chi connectivity index (χ1) is 8.69. The van der Waals surface area contributed by atoms with E-state index < -0.39 is 5.97 Å². The van der Waals surface area contributed by atoms with E-state index in [2.05, 4.69) is 4.98 Å². The van der Waals surface area contributed by atoms with Gasteiger partial charge in [0, 0.05) is 18.9 Å². The van der Waals surface area contributed by atoms with Gasteiger partial charge in [0.25, 0.3) is 0 Å². The SMILES string of the molecule is N#Cc1nccn1Cc1ccc(CC(=O)O)cc1. The van der Waals surface area contributed by atoms with Gasteiger partial charge in [-0.2, -0.15) is 5.26 Å². The van der Waals surface area contributed by atoms with Crippen molar-refractivity contribution in [3.05, 3.63) is 53.6 Å². The molecule has 0 atom stereocenters. The molecule has 0 aliphatic heterocycles. The summed E-state index contributed by atoms with van der Waals surface area (Å²) in [5.74, 6) is -0.478. The summed E-state index contributed by atoms with van der Waals surface area (Å²) in [6.07, 6.45) is 3.34. The second-order valence-electron chi connectivity index (χ2n) is 3.88. The molecule has 2 rings (SSSR count). The maximum Gasteiger partial charge on any atom is 0.307 e. The number of imidazole rings is 1. The van der Waals surface area contributed by atoms with Crippen molar-refractivity contribution in [1.29, 1.82) is 5.26 Å². The van der Waals surface area contributed by atoms with Gasteiger partial charge in [-0.15, -0.1) is 0 Å². The van der Waals surface area contributed by atoms with Gasteiger partial charge in [0.2, 0.25) is 5.82 Å². The number of hydrogen-bond donors (Lipinski definition) is 1. The van der Waals surface area contributed by atoms with Crippen LogP contribution in [0.4, 0.5) is 0 Å². The summed E-state index contributed by atoms with van der Waals surface area (Å²) in [4.78, 5) is 14.5. The standard InChI is InChI=1S/C13H11N3O2/c14-8-12-15-5-6-16(12)9-11-3-1-10(2-4-11)7-13(17)18/h1-6H,7,9H2,(H,17,18). The van der Waals surface area contributed by atoms with Gasteiger partial charge >= 0.3 is 5.97 Å². The molecule has 2 aromatic rings. The molecule has 1 aromatic heterocycles. The zero-order valence-electron chi connectivity index (χ0n) is 9.58. The van der Waals surface area contributed by atoms with Crippen molar-refractivity contribution in [2.75, 3.05) is 0 Å². The first-order valence-corrected chi connectivity index (χ1v) is 5.40. The van der Waals surface area contributed by atoms with E-state index in [0.29, 0.717) is 12.4 Å². The minimum absolute atomic E-state index is 0.0226. The van der Waals surface area contributed by atoms with Gasteiger partial charge in [-0.05, 0) is 11.1 Å². The number of nitrogens with zero attached hydrogens (tertiary/aromatic N) is 3. The fourth-order valence-electron chi connectivity index (χ4n) is 1.68. The molecule has 0 aliphatic rings. The van der Waals surface area contributed by atoms with E-state index in [1.165, 1.54) is 0 Å². The van der Waals surface area contributed by atoms with E-state index in [4.69, 9.17) is 10.4 Å². The molecule has 18 heavy (non-hydrogen) atoms. The molecule has 1 heterocycles. The van der Waals surface area contributed by atoms with Crippen LogP contribution in [0.5, 0.6) is 0 Å². The molecule has 1 N–H and O–H groups in total. The number of nitriles is 1. The van der Waals surface area contributed by atoms with Crippen molar-refractivity contribution >= 4 is 5.97 Å². The highest BCUT2D eigenvalue weighted by Gasteiger charge is 2.03. The van der Waals surface area contributed by atoms with Crippen molar-refractivity contribution in [3.8, 4) is 6.07 Å². The van der Waals surface area contributed by atoms with Crippen LogP contribution in [0.1, 0.15) is 17.0 Å². The number of carboxylic acids is 1. The zero-order valence-corrected chi connectivity index (χ0v) is 9.58. The van der Waals surface area contributed by atoms with Crippen LogP contribution in [0.15, 0.2) is 36.7 Å². The Morgan fingerprint density at radius 3 is 2.61 bits per heavy atom. The summed E-state index contributed by atoms with van der Waals surface area (Å²) < 4.78 is 1.74. The molecule has 0 saturated carbocycles. The average Bonchev–Trinajstić information content (AvgIpc) is 2.78. The molecular formula is C13H11N3O2. The molecule has 0 amide bonds. The summed E-state index contributed by atoms with van der Waals surface area (Å²) >= 11 is 0. The lowest BCUT2D eigenvalue weighted by Gasteiger charge is -2.05. The third-order valence-corrected chi connectivity index (χ3v) is 2.55. The van der Waals surface area contributed by atoms with Gasteiger partial charge in [0.05, 0.1) is 6.42 Å². The van der Waals surface area contributed by atoms with Crippen LogP contribution in [0.2, 0.25) is 0 Å². The zero-order chi connectivity index (χ0) is 13.0. The van der Waals surface area contributed by atoms with E-state index >= 15 is 0 Å². The van der Waals surface area contributed by atoms with Gasteiger partial charge in [-0.3, -0.25) is 4.79 Å². The Kier molecular flexibility index (Phi) is 3.39. The van der Waals surface area contributed by atoms with Crippen LogP contribution in [0.3, 0.4) is 0 Å². The smallest absolute Gasteiger partial charge is 0.307 e. The second-order valence-corrected chi connectivity index (χ2v) is 3.88. The molecule has 0 bridgehead atoms. The lowest BCUT2D eigenvalue weighted by Crippen LogP contribution is -2.03. The average molecular weight is 241 g/mol. The second kappa shape index (κ2) is 5.15. The molecule has 0 aliphatic carbocycles. The lowest BCUT2D eigenvalue weighted by atomic mass is 10.1. The third-order valence-electron chi connectivity index (χ3n) is 2.55. The summed E-state index contributed by atoms with van der Waals surface area (Å²) in [5, 5.41) is 17.5. The molecule has 0 spiro atoms. The fourth-order valence-corrected chi connectivity index (χ4v) is 1.68. The third kappa shape index (κ3) is 2.74. The van der Waals surface area contributed by atoms with Gasteiger partial charge in [-0.1, -0.05) is 24.3 Å². The van der Waals surface area contributed by atoms with Crippen LogP contribution >= 0.6 is 0 Å². The first-order valence-electron chi connectivity index (χ1n) is 5.40. The highest BCUT2D eigenvalue weighted by Crippen LogP contribution is 2.08. The number of aromatic nitrogens is 2. The maximum atomic E-state index is 10.5. The monoisotopic (exact) mass is 241 g/mol. The molecule has 1 aromatic carbocycles. The van der Waals surface area contributed by atoms with Crippen molar-refractivity contribution in [1.82, 2.24) is 9.55 Å². The molecular weight excluding hydrogens is 230 g/mol. The molecule has 0 unspecified atom stereocenters. The minimum Gasteiger partial charge on any atom is -0.481 e. The number of carboxylic acid groups (broad SMARTS) is 1. The molecule has 90 valence electrons. The van der Waals surface area contributed by atoms with Gasteiger partial charge in [0.1, 0.15) is 6.07 Å². The number of rotatable bonds is 4. The Balaban J connectivity index is 2.11. The van der Waals surface area contributed by atoms with Crippen LogP contribution in [-0.2, 0) is 17.8 Å².